The van der Waals surface area contributed by atoms with Crippen molar-refractivity contribution in [1.29, 1.82) is 10.5 Å². The number of aromatic nitrogens is 5. The fraction of sp³-hybridized carbons (Fsp3) is 0.0635. The lowest BCUT2D eigenvalue weighted by atomic mass is 9.98. The second-order valence-corrected chi connectivity index (χ2v) is 18.3. The van der Waals surface area contributed by atoms with Gasteiger partial charge in [0.05, 0.1) is 56.7 Å². The molecule has 0 aliphatic carbocycles. The molecule has 3 aromatic heterocycles. The van der Waals surface area contributed by atoms with Crippen LogP contribution in [0.15, 0.2) is 188 Å². The zero-order chi connectivity index (χ0) is 47.6. The summed E-state index contributed by atoms with van der Waals surface area (Å²) in [5.74, 6) is 1.58. The molecule has 0 radical (unpaired) electrons. The zero-order valence-electron chi connectivity index (χ0n) is 39.0. The standard InChI is InChI=1S/C63H43N7/c1-38-16-24-55-51(28-38)52-29-39(2)17-25-56(52)69(55)59-34-47(20-22-49(59)45-14-8-10-42(32-45)36-64)62-66-61(44-12-6-5-7-13-44)67-63(68-62)48-21-23-50(46-15-9-11-43(33-46)37-65)60(35-48)70-57-26-18-40(3)30-53(57)54-31-41(4)19-27-58(54)70/h5-35H,1-4H3. The van der Waals surface area contributed by atoms with Crippen LogP contribution in [0.5, 0.6) is 0 Å². The van der Waals surface area contributed by atoms with Crippen molar-refractivity contribution in [2.45, 2.75) is 27.7 Å². The largest absolute Gasteiger partial charge is 0.309 e. The predicted molar refractivity (Wildman–Crippen MR) is 284 cm³/mol. The SMILES string of the molecule is Cc1ccc2c(c1)c1cc(C)ccc1n2-c1cc(-c2nc(-c3ccccc3)nc(-c3ccc(-c4cccc(C#N)c4)c(-n4c5ccc(C)cc5c5cc(C)ccc54)c3)n2)ccc1-c1cccc(C#N)c1. The van der Waals surface area contributed by atoms with Gasteiger partial charge in [-0.2, -0.15) is 10.5 Å². The van der Waals surface area contributed by atoms with Crippen LogP contribution in [-0.2, 0) is 0 Å². The fourth-order valence-electron chi connectivity index (χ4n) is 10.1. The van der Waals surface area contributed by atoms with Gasteiger partial charge in [0.25, 0.3) is 0 Å². The average Bonchev–Trinajstić information content (AvgIpc) is 3.88. The van der Waals surface area contributed by atoms with Crippen molar-refractivity contribution in [3.8, 4) is 79.9 Å². The van der Waals surface area contributed by atoms with Gasteiger partial charge in [-0.3, -0.25) is 0 Å². The van der Waals surface area contributed by atoms with Crippen LogP contribution in [-0.4, -0.2) is 24.1 Å². The molecule has 0 saturated heterocycles. The Hall–Kier alpha value is -9.43. The van der Waals surface area contributed by atoms with E-state index in [1.807, 2.05) is 66.7 Å². The van der Waals surface area contributed by atoms with E-state index in [2.05, 4.69) is 170 Å². The second-order valence-electron chi connectivity index (χ2n) is 18.3. The fourth-order valence-corrected chi connectivity index (χ4v) is 10.1. The van der Waals surface area contributed by atoms with Crippen LogP contribution in [0.1, 0.15) is 33.4 Å². The van der Waals surface area contributed by atoms with Crippen molar-refractivity contribution < 1.29 is 0 Å². The molecule has 0 aliphatic heterocycles. The molecular formula is C63H43N7. The van der Waals surface area contributed by atoms with E-state index in [9.17, 15) is 10.5 Å². The van der Waals surface area contributed by atoms with E-state index in [-0.39, 0.29) is 0 Å². The van der Waals surface area contributed by atoms with Crippen LogP contribution in [0.2, 0.25) is 0 Å². The monoisotopic (exact) mass is 897 g/mol. The summed E-state index contributed by atoms with van der Waals surface area (Å²) < 4.78 is 4.67. The molecule has 0 N–H and O–H groups in total. The number of aryl methyl sites for hydroxylation is 4. The molecule has 0 unspecified atom stereocenters. The third kappa shape index (κ3) is 7.17. The molecule has 3 heterocycles. The van der Waals surface area contributed by atoms with Gasteiger partial charge in [-0.25, -0.2) is 15.0 Å². The van der Waals surface area contributed by atoms with Gasteiger partial charge in [-0.1, -0.05) is 125 Å². The molecular weight excluding hydrogens is 855 g/mol. The molecule has 0 saturated carbocycles. The van der Waals surface area contributed by atoms with Gasteiger partial charge >= 0.3 is 0 Å². The first-order chi connectivity index (χ1) is 34.2. The number of nitrogens with zero attached hydrogens (tertiary/aromatic N) is 7. The molecule has 70 heavy (non-hydrogen) atoms. The van der Waals surface area contributed by atoms with E-state index in [4.69, 9.17) is 15.0 Å². The Labute approximate surface area is 405 Å². The van der Waals surface area contributed by atoms with Crippen LogP contribution in [0.3, 0.4) is 0 Å². The zero-order valence-corrected chi connectivity index (χ0v) is 39.0. The maximum absolute atomic E-state index is 10.0. The van der Waals surface area contributed by atoms with Crippen molar-refractivity contribution >= 4 is 43.6 Å². The highest BCUT2D eigenvalue weighted by Crippen LogP contribution is 2.42. The summed E-state index contributed by atoms with van der Waals surface area (Å²) >= 11 is 0. The van der Waals surface area contributed by atoms with Crippen molar-refractivity contribution in [1.82, 2.24) is 24.1 Å². The van der Waals surface area contributed by atoms with Gasteiger partial charge in [-0.15, -0.1) is 0 Å². The lowest BCUT2D eigenvalue weighted by Crippen LogP contribution is -2.03. The van der Waals surface area contributed by atoms with Crippen molar-refractivity contribution in [3.63, 3.8) is 0 Å². The highest BCUT2D eigenvalue weighted by molar-refractivity contribution is 6.11. The van der Waals surface area contributed by atoms with E-state index >= 15 is 0 Å². The minimum Gasteiger partial charge on any atom is -0.309 e. The maximum Gasteiger partial charge on any atom is 0.164 e. The number of hydrogen-bond donors (Lipinski definition) is 0. The summed E-state index contributed by atoms with van der Waals surface area (Å²) in [6.45, 7) is 8.53. The van der Waals surface area contributed by atoms with Crippen LogP contribution in [0.4, 0.5) is 0 Å². The molecule has 0 spiro atoms. The second kappa shape index (κ2) is 16.7. The first-order valence-corrected chi connectivity index (χ1v) is 23.4. The summed E-state index contributed by atoms with van der Waals surface area (Å²) in [5, 5.41) is 24.7. The lowest BCUT2D eigenvalue weighted by molar-refractivity contribution is 1.07. The Morgan fingerprint density at radius 3 is 1.06 bits per heavy atom. The normalized spacial score (nSPS) is 11.4. The van der Waals surface area contributed by atoms with Gasteiger partial charge < -0.3 is 9.13 Å². The first-order valence-electron chi connectivity index (χ1n) is 23.4. The minimum atomic E-state index is 0.519. The van der Waals surface area contributed by atoms with Gasteiger partial charge in [0.2, 0.25) is 0 Å². The van der Waals surface area contributed by atoms with Gasteiger partial charge in [-0.05, 0) is 124 Å². The van der Waals surface area contributed by atoms with Crippen molar-refractivity contribution in [2.24, 2.45) is 0 Å². The van der Waals surface area contributed by atoms with Gasteiger partial charge in [0.1, 0.15) is 0 Å². The summed E-state index contributed by atoms with van der Waals surface area (Å²) in [6.07, 6.45) is 0. The molecule has 330 valence electrons. The summed E-state index contributed by atoms with van der Waals surface area (Å²) in [7, 11) is 0. The van der Waals surface area contributed by atoms with Crippen LogP contribution in [0.25, 0.3) is 111 Å². The van der Waals surface area contributed by atoms with Crippen LogP contribution < -0.4 is 0 Å². The Balaban J connectivity index is 1.12. The molecule has 7 heteroatoms. The van der Waals surface area contributed by atoms with Gasteiger partial charge in [0.15, 0.2) is 17.5 Å². The Bertz CT molecular complexity index is 3830. The molecule has 12 aromatic rings. The third-order valence-corrected chi connectivity index (χ3v) is 13.4. The molecule has 12 rings (SSSR count). The molecule has 0 atom stereocenters. The smallest absolute Gasteiger partial charge is 0.164 e. The molecule has 0 bridgehead atoms. The number of benzene rings is 9. The lowest BCUT2D eigenvalue weighted by Gasteiger charge is -2.17. The summed E-state index contributed by atoms with van der Waals surface area (Å²) in [5.41, 5.74) is 18.4. The minimum absolute atomic E-state index is 0.519. The van der Waals surface area contributed by atoms with E-state index < -0.39 is 0 Å². The number of rotatable bonds is 7. The maximum atomic E-state index is 10.0. The van der Waals surface area contributed by atoms with Crippen LogP contribution in [0, 0.1) is 50.4 Å². The summed E-state index contributed by atoms with van der Waals surface area (Å²) in [6, 6.07) is 69.6. The van der Waals surface area contributed by atoms with Gasteiger partial charge in [0, 0.05) is 49.4 Å². The molecule has 0 fully saturated rings. The number of hydrogen-bond acceptors (Lipinski definition) is 5. The molecule has 9 aromatic carbocycles. The molecule has 0 aliphatic rings. The Kier molecular flexibility index (Phi) is 10.0. The average molecular weight is 898 g/mol. The summed E-state index contributed by atoms with van der Waals surface area (Å²) in [4.78, 5) is 15.9. The Morgan fingerprint density at radius 1 is 0.329 bits per heavy atom. The first kappa shape index (κ1) is 42.0. The number of fused-ring (bicyclic) bond motifs is 6. The van der Waals surface area contributed by atoms with Crippen molar-refractivity contribution in [2.75, 3.05) is 0 Å². The molecule has 7 nitrogen and oxygen atoms in total. The Morgan fingerprint density at radius 2 is 0.686 bits per heavy atom. The third-order valence-electron chi connectivity index (χ3n) is 13.4. The van der Waals surface area contributed by atoms with E-state index in [1.165, 1.54) is 43.8 Å². The number of nitriles is 2. The van der Waals surface area contributed by atoms with E-state index in [0.717, 1.165) is 72.4 Å². The van der Waals surface area contributed by atoms with E-state index in [0.29, 0.717) is 28.6 Å². The topological polar surface area (TPSA) is 96.1 Å². The highest BCUT2D eigenvalue weighted by Gasteiger charge is 2.22. The highest BCUT2D eigenvalue weighted by atomic mass is 15.0. The quantitative estimate of drug-likeness (QED) is 0.159. The van der Waals surface area contributed by atoms with Crippen LogP contribution >= 0.6 is 0 Å². The van der Waals surface area contributed by atoms with Crippen molar-refractivity contribution in [3.05, 3.63) is 221 Å². The van der Waals surface area contributed by atoms with E-state index in [1.54, 1.807) is 0 Å². The molecule has 0 amide bonds. The predicted octanol–water partition coefficient (Wildman–Crippen LogP) is 15.4.